The van der Waals surface area contributed by atoms with E-state index in [2.05, 4.69) is 20.3 Å². The van der Waals surface area contributed by atoms with Crippen molar-refractivity contribution in [3.05, 3.63) is 64.2 Å². The summed E-state index contributed by atoms with van der Waals surface area (Å²) in [5.41, 5.74) is 1.26. The van der Waals surface area contributed by atoms with E-state index in [1.807, 2.05) is 42.3 Å². The molecule has 0 aliphatic heterocycles. The SMILES string of the molecule is CN(Cc1ccccc1)c1nc2ncn(CC(=O)Nc3nccs3)c(=O)c2s1. The first-order valence-corrected chi connectivity index (χ1v) is 10.1. The van der Waals surface area contributed by atoms with Crippen molar-refractivity contribution in [1.29, 1.82) is 0 Å². The summed E-state index contributed by atoms with van der Waals surface area (Å²) >= 11 is 2.59. The predicted octanol–water partition coefficient (Wildman–Crippen LogP) is 2.58. The van der Waals surface area contributed by atoms with Crippen LogP contribution in [-0.4, -0.2) is 32.5 Å². The van der Waals surface area contributed by atoms with Gasteiger partial charge in [-0.3, -0.25) is 14.2 Å². The van der Waals surface area contributed by atoms with Crippen molar-refractivity contribution in [3.63, 3.8) is 0 Å². The van der Waals surface area contributed by atoms with Crippen LogP contribution in [0.3, 0.4) is 0 Å². The van der Waals surface area contributed by atoms with Gasteiger partial charge in [-0.1, -0.05) is 41.7 Å². The molecule has 0 fully saturated rings. The molecule has 0 aliphatic rings. The highest BCUT2D eigenvalue weighted by molar-refractivity contribution is 7.22. The number of nitrogens with zero attached hydrogens (tertiary/aromatic N) is 5. The van der Waals surface area contributed by atoms with E-state index >= 15 is 0 Å². The molecule has 3 aromatic heterocycles. The monoisotopic (exact) mass is 412 g/mol. The molecule has 0 bridgehead atoms. The fourth-order valence-electron chi connectivity index (χ4n) is 2.63. The smallest absolute Gasteiger partial charge is 0.273 e. The van der Waals surface area contributed by atoms with Crippen LogP contribution in [0, 0.1) is 0 Å². The maximum absolute atomic E-state index is 12.7. The second-order valence-electron chi connectivity index (χ2n) is 6.05. The van der Waals surface area contributed by atoms with Gasteiger partial charge < -0.3 is 10.2 Å². The van der Waals surface area contributed by atoms with Crippen molar-refractivity contribution in [2.45, 2.75) is 13.1 Å². The van der Waals surface area contributed by atoms with Crippen molar-refractivity contribution in [2.24, 2.45) is 0 Å². The van der Waals surface area contributed by atoms with E-state index in [1.54, 1.807) is 11.6 Å². The summed E-state index contributed by atoms with van der Waals surface area (Å²) in [6.07, 6.45) is 2.96. The van der Waals surface area contributed by atoms with E-state index in [9.17, 15) is 9.59 Å². The molecule has 1 amide bonds. The molecule has 0 spiro atoms. The molecule has 0 aliphatic carbocycles. The Hall–Kier alpha value is -3.11. The molecule has 1 N–H and O–H groups in total. The minimum absolute atomic E-state index is 0.131. The van der Waals surface area contributed by atoms with Gasteiger partial charge in [0.25, 0.3) is 5.56 Å². The van der Waals surface area contributed by atoms with Crippen molar-refractivity contribution in [2.75, 3.05) is 17.3 Å². The molecule has 0 radical (unpaired) electrons. The normalized spacial score (nSPS) is 10.9. The number of rotatable bonds is 6. The topological polar surface area (TPSA) is 93.0 Å². The Kier molecular flexibility index (Phi) is 5.13. The van der Waals surface area contributed by atoms with Gasteiger partial charge in [-0.25, -0.2) is 9.97 Å². The second-order valence-corrected chi connectivity index (χ2v) is 7.93. The lowest BCUT2D eigenvalue weighted by atomic mass is 10.2. The maximum Gasteiger partial charge on any atom is 0.273 e. The molecule has 0 saturated carbocycles. The molecule has 0 unspecified atom stereocenters. The number of fused-ring (bicyclic) bond motifs is 1. The van der Waals surface area contributed by atoms with E-state index in [-0.39, 0.29) is 18.0 Å². The Morgan fingerprint density at radius 2 is 2.07 bits per heavy atom. The van der Waals surface area contributed by atoms with Crippen LogP contribution in [0.4, 0.5) is 10.3 Å². The molecule has 0 saturated heterocycles. The van der Waals surface area contributed by atoms with Crippen LogP contribution in [0.1, 0.15) is 5.56 Å². The second kappa shape index (κ2) is 7.87. The molecular weight excluding hydrogens is 396 g/mol. The van der Waals surface area contributed by atoms with Gasteiger partial charge in [0, 0.05) is 25.2 Å². The predicted molar refractivity (Wildman–Crippen MR) is 111 cm³/mol. The average molecular weight is 413 g/mol. The van der Waals surface area contributed by atoms with Crippen LogP contribution in [0.2, 0.25) is 0 Å². The number of nitrogens with one attached hydrogen (secondary N) is 1. The molecule has 142 valence electrons. The number of thiazole rings is 2. The average Bonchev–Trinajstić information content (AvgIpc) is 3.35. The van der Waals surface area contributed by atoms with Crippen LogP contribution < -0.4 is 15.8 Å². The summed E-state index contributed by atoms with van der Waals surface area (Å²) in [4.78, 5) is 39.6. The lowest BCUT2D eigenvalue weighted by Gasteiger charge is -2.15. The lowest BCUT2D eigenvalue weighted by Crippen LogP contribution is -2.27. The van der Waals surface area contributed by atoms with E-state index in [4.69, 9.17) is 0 Å². The Bertz CT molecular complexity index is 1150. The Labute approximate surface area is 168 Å². The lowest BCUT2D eigenvalue weighted by molar-refractivity contribution is -0.116. The summed E-state index contributed by atoms with van der Waals surface area (Å²) in [5, 5.41) is 5.62. The van der Waals surface area contributed by atoms with Crippen LogP contribution in [0.5, 0.6) is 0 Å². The molecule has 1 aromatic carbocycles. The van der Waals surface area contributed by atoms with E-state index in [1.165, 1.54) is 33.6 Å². The van der Waals surface area contributed by atoms with Gasteiger partial charge in [-0.2, -0.15) is 4.98 Å². The molecule has 4 aromatic rings. The summed E-state index contributed by atoms with van der Waals surface area (Å²) in [7, 11) is 1.92. The molecule has 0 atom stereocenters. The number of hydrogen-bond acceptors (Lipinski definition) is 8. The highest BCUT2D eigenvalue weighted by Gasteiger charge is 2.15. The maximum atomic E-state index is 12.7. The van der Waals surface area contributed by atoms with Gasteiger partial charge in [-0.15, -0.1) is 11.3 Å². The zero-order valence-electron chi connectivity index (χ0n) is 14.9. The molecule has 8 nitrogen and oxygen atoms in total. The van der Waals surface area contributed by atoms with Crippen LogP contribution in [-0.2, 0) is 17.9 Å². The molecule has 4 rings (SSSR count). The summed E-state index contributed by atoms with van der Waals surface area (Å²) in [6.45, 7) is 0.541. The van der Waals surface area contributed by atoms with E-state index in [0.29, 0.717) is 27.2 Å². The standard InChI is InChI=1S/C18H16N6O2S2/c1-23(9-12-5-3-2-4-6-12)18-22-15-14(28-18)16(26)24(11-20-15)10-13(25)21-17-19-7-8-27-17/h2-8,11H,9-10H2,1H3,(H,19,21,25). The minimum Gasteiger partial charge on any atom is -0.347 e. The molecule has 28 heavy (non-hydrogen) atoms. The number of aromatic nitrogens is 4. The van der Waals surface area contributed by atoms with Gasteiger partial charge in [0.2, 0.25) is 5.91 Å². The van der Waals surface area contributed by atoms with Crippen molar-refractivity contribution >= 4 is 49.2 Å². The third kappa shape index (κ3) is 3.92. The number of carbonyl (C=O) groups excluding carboxylic acids is 1. The minimum atomic E-state index is -0.330. The van der Waals surface area contributed by atoms with Gasteiger partial charge in [0.05, 0.1) is 0 Å². The van der Waals surface area contributed by atoms with Crippen LogP contribution in [0.15, 0.2) is 53.0 Å². The van der Waals surface area contributed by atoms with Crippen molar-refractivity contribution < 1.29 is 4.79 Å². The Morgan fingerprint density at radius 1 is 1.25 bits per heavy atom. The van der Waals surface area contributed by atoms with Gasteiger partial charge in [0.15, 0.2) is 15.9 Å². The summed E-state index contributed by atoms with van der Waals surface area (Å²) in [6, 6.07) is 10.0. The number of anilines is 2. The van der Waals surface area contributed by atoms with Crippen LogP contribution >= 0.6 is 22.7 Å². The quantitative estimate of drug-likeness (QED) is 0.523. The third-order valence-corrected chi connectivity index (χ3v) is 5.79. The van der Waals surface area contributed by atoms with Gasteiger partial charge in [0.1, 0.15) is 17.6 Å². The zero-order valence-corrected chi connectivity index (χ0v) is 16.5. The molecular formula is C18H16N6O2S2. The van der Waals surface area contributed by atoms with Gasteiger partial charge >= 0.3 is 0 Å². The zero-order chi connectivity index (χ0) is 19.5. The fourth-order valence-corrected chi connectivity index (χ4v) is 4.11. The van der Waals surface area contributed by atoms with E-state index in [0.717, 1.165) is 5.56 Å². The number of hydrogen-bond donors (Lipinski definition) is 1. The first-order chi connectivity index (χ1) is 13.6. The summed E-state index contributed by atoms with van der Waals surface area (Å²) in [5.74, 6) is -0.330. The number of carbonyl (C=O) groups is 1. The largest absolute Gasteiger partial charge is 0.347 e. The Balaban J connectivity index is 1.54. The van der Waals surface area contributed by atoms with E-state index < -0.39 is 0 Å². The molecule has 10 heteroatoms. The first-order valence-electron chi connectivity index (χ1n) is 8.40. The Morgan fingerprint density at radius 3 is 2.82 bits per heavy atom. The number of amides is 1. The van der Waals surface area contributed by atoms with Crippen molar-refractivity contribution in [3.8, 4) is 0 Å². The highest BCUT2D eigenvalue weighted by atomic mass is 32.1. The fraction of sp³-hybridized carbons (Fsp3) is 0.167. The number of benzene rings is 1. The first kappa shape index (κ1) is 18.3. The van der Waals surface area contributed by atoms with Crippen LogP contribution in [0.25, 0.3) is 10.3 Å². The molecule has 3 heterocycles. The van der Waals surface area contributed by atoms with Gasteiger partial charge in [-0.05, 0) is 5.56 Å². The summed E-state index contributed by atoms with van der Waals surface area (Å²) < 4.78 is 1.71. The van der Waals surface area contributed by atoms with Crippen molar-refractivity contribution in [1.82, 2.24) is 19.5 Å². The third-order valence-electron chi connectivity index (χ3n) is 3.95. The highest BCUT2D eigenvalue weighted by Crippen LogP contribution is 2.25.